The number of hydrogen-bond acceptors (Lipinski definition) is 7. The molecule has 0 unspecified atom stereocenters. The van der Waals surface area contributed by atoms with E-state index in [2.05, 4.69) is 5.10 Å². The maximum Gasteiger partial charge on any atom is 0.437 e. The van der Waals surface area contributed by atoms with Gasteiger partial charge in [-0.2, -0.15) is 4.68 Å². The average Bonchev–Trinajstić information content (AvgIpc) is 3.47. The second-order valence-electron chi connectivity index (χ2n) is 7.66. The molecule has 11 heteroatoms. The standard InChI is InChI=1S/C22H22N4O5S2/c1-15(2)26(16-9-5-4-6-10-16)18(27)13-25-22(28)31-21(23-25)20-19(24-11-7-8-12-24)17(14-32-20)33(3,29)30/h4-12,14-15H,13H2,1-3H3. The van der Waals surface area contributed by atoms with E-state index < -0.39 is 15.6 Å². The van der Waals surface area contributed by atoms with Crippen molar-refractivity contribution in [3.63, 3.8) is 0 Å². The maximum absolute atomic E-state index is 13.0. The third-order valence-corrected chi connectivity index (χ3v) is 7.12. The Bertz CT molecular complexity index is 1430. The summed E-state index contributed by atoms with van der Waals surface area (Å²) in [7, 11) is -3.55. The van der Waals surface area contributed by atoms with Gasteiger partial charge in [-0.15, -0.1) is 16.4 Å². The lowest BCUT2D eigenvalue weighted by molar-refractivity contribution is -0.119. The first-order chi connectivity index (χ1) is 15.7. The van der Waals surface area contributed by atoms with Gasteiger partial charge in [-0.25, -0.2) is 13.2 Å². The number of rotatable bonds is 7. The second kappa shape index (κ2) is 8.83. The van der Waals surface area contributed by atoms with Gasteiger partial charge in [-0.05, 0) is 38.1 Å². The van der Waals surface area contributed by atoms with Crippen molar-refractivity contribution in [2.75, 3.05) is 11.2 Å². The molecule has 0 saturated carbocycles. The number of anilines is 1. The van der Waals surface area contributed by atoms with Crippen LogP contribution in [-0.4, -0.2) is 41.0 Å². The summed E-state index contributed by atoms with van der Waals surface area (Å²) in [5, 5.41) is 5.70. The summed E-state index contributed by atoms with van der Waals surface area (Å²) >= 11 is 1.10. The highest BCUT2D eigenvalue weighted by molar-refractivity contribution is 7.91. The van der Waals surface area contributed by atoms with E-state index >= 15 is 0 Å². The number of nitrogens with zero attached hydrogens (tertiary/aromatic N) is 4. The van der Waals surface area contributed by atoms with E-state index in [-0.39, 0.29) is 29.3 Å². The van der Waals surface area contributed by atoms with Gasteiger partial charge in [0.05, 0.1) is 5.69 Å². The topological polar surface area (TPSA) is 107 Å². The van der Waals surface area contributed by atoms with Crippen molar-refractivity contribution in [3.8, 4) is 16.5 Å². The normalized spacial score (nSPS) is 11.8. The lowest BCUT2D eigenvalue weighted by Gasteiger charge is -2.26. The number of para-hydroxylation sites is 1. The van der Waals surface area contributed by atoms with Gasteiger partial charge in [0.25, 0.3) is 5.89 Å². The van der Waals surface area contributed by atoms with E-state index in [1.165, 1.54) is 5.38 Å². The number of amides is 1. The van der Waals surface area contributed by atoms with Crippen LogP contribution in [0.2, 0.25) is 0 Å². The smallest absolute Gasteiger partial charge is 0.387 e. The fourth-order valence-corrected chi connectivity index (χ4v) is 5.81. The Kier molecular flexibility index (Phi) is 6.09. The molecule has 0 aliphatic rings. The Morgan fingerprint density at radius 3 is 2.42 bits per heavy atom. The van der Waals surface area contributed by atoms with Crippen molar-refractivity contribution in [3.05, 3.63) is 70.8 Å². The van der Waals surface area contributed by atoms with Gasteiger partial charge in [-0.3, -0.25) is 4.79 Å². The summed E-state index contributed by atoms with van der Waals surface area (Å²) in [6.45, 7) is 3.44. The molecule has 0 fully saturated rings. The van der Waals surface area contributed by atoms with E-state index in [9.17, 15) is 18.0 Å². The number of carbonyl (C=O) groups excluding carboxylic acids is 1. The SMILES string of the molecule is CC(C)N(C(=O)Cn1nc(-c2scc(S(C)(=O)=O)c2-n2cccc2)oc1=O)c1ccccc1. The van der Waals surface area contributed by atoms with Crippen LogP contribution in [0.4, 0.5) is 5.69 Å². The fourth-order valence-electron chi connectivity index (χ4n) is 3.50. The summed E-state index contributed by atoms with van der Waals surface area (Å²) in [6.07, 6.45) is 4.50. The largest absolute Gasteiger partial charge is 0.437 e. The molecule has 3 heterocycles. The molecule has 3 aromatic heterocycles. The number of aromatic nitrogens is 3. The van der Waals surface area contributed by atoms with Gasteiger partial charge in [0.2, 0.25) is 5.91 Å². The molecule has 1 aromatic carbocycles. The minimum atomic E-state index is -3.55. The van der Waals surface area contributed by atoms with Crippen LogP contribution in [0, 0.1) is 0 Å². The van der Waals surface area contributed by atoms with Crippen LogP contribution in [0.3, 0.4) is 0 Å². The van der Waals surface area contributed by atoms with Gasteiger partial charge in [0, 0.05) is 35.8 Å². The number of benzene rings is 1. The molecule has 9 nitrogen and oxygen atoms in total. The van der Waals surface area contributed by atoms with Crippen LogP contribution in [0.15, 0.2) is 74.3 Å². The Morgan fingerprint density at radius 2 is 1.82 bits per heavy atom. The first kappa shape index (κ1) is 22.7. The maximum atomic E-state index is 13.0. The van der Waals surface area contributed by atoms with E-state index in [4.69, 9.17) is 4.42 Å². The quantitative estimate of drug-likeness (QED) is 0.397. The van der Waals surface area contributed by atoms with Crippen molar-refractivity contribution in [1.82, 2.24) is 14.3 Å². The number of carbonyl (C=O) groups is 1. The van der Waals surface area contributed by atoms with Gasteiger partial charge >= 0.3 is 5.76 Å². The molecule has 0 saturated heterocycles. The molecule has 33 heavy (non-hydrogen) atoms. The molecule has 4 aromatic rings. The van der Waals surface area contributed by atoms with Crippen LogP contribution < -0.4 is 10.7 Å². The summed E-state index contributed by atoms with van der Waals surface area (Å²) in [5.41, 5.74) is 1.06. The Morgan fingerprint density at radius 1 is 1.15 bits per heavy atom. The fraction of sp³-hybridized carbons (Fsp3) is 0.227. The zero-order chi connectivity index (χ0) is 23.8. The molecule has 4 rings (SSSR count). The van der Waals surface area contributed by atoms with Crippen LogP contribution in [-0.2, 0) is 21.2 Å². The minimum absolute atomic E-state index is 0.0489. The molecule has 0 spiro atoms. The minimum Gasteiger partial charge on any atom is -0.387 e. The van der Waals surface area contributed by atoms with E-state index in [1.54, 1.807) is 34.0 Å². The molecule has 0 radical (unpaired) electrons. The summed E-state index contributed by atoms with van der Waals surface area (Å²) in [4.78, 5) is 27.6. The van der Waals surface area contributed by atoms with Crippen molar-refractivity contribution in [1.29, 1.82) is 0 Å². The van der Waals surface area contributed by atoms with Gasteiger partial charge in [-0.1, -0.05) is 18.2 Å². The molecular formula is C22H22N4O5S2. The summed E-state index contributed by atoms with van der Waals surface area (Å²) in [5.74, 6) is -1.18. The van der Waals surface area contributed by atoms with Gasteiger partial charge < -0.3 is 13.9 Å². The Balaban J connectivity index is 1.71. The molecular weight excluding hydrogens is 464 g/mol. The van der Waals surface area contributed by atoms with Crippen molar-refractivity contribution in [2.45, 2.75) is 31.3 Å². The molecule has 0 aliphatic carbocycles. The van der Waals surface area contributed by atoms with Crippen molar-refractivity contribution < 1.29 is 17.6 Å². The van der Waals surface area contributed by atoms with Crippen molar-refractivity contribution >= 4 is 32.8 Å². The third kappa shape index (κ3) is 4.55. The van der Waals surface area contributed by atoms with E-state index in [1.807, 2.05) is 44.2 Å². The third-order valence-electron chi connectivity index (χ3n) is 4.90. The van der Waals surface area contributed by atoms with Gasteiger partial charge in [0.15, 0.2) is 9.84 Å². The van der Waals surface area contributed by atoms with Crippen LogP contribution in [0.25, 0.3) is 16.5 Å². The highest BCUT2D eigenvalue weighted by atomic mass is 32.2. The first-order valence-electron chi connectivity index (χ1n) is 10.1. The number of hydrogen-bond donors (Lipinski definition) is 0. The molecule has 0 aliphatic heterocycles. The van der Waals surface area contributed by atoms with E-state index in [0.29, 0.717) is 16.3 Å². The lowest BCUT2D eigenvalue weighted by Crippen LogP contribution is -2.40. The highest BCUT2D eigenvalue weighted by Gasteiger charge is 2.26. The van der Waals surface area contributed by atoms with Gasteiger partial charge in [0.1, 0.15) is 16.3 Å². The first-order valence-corrected chi connectivity index (χ1v) is 12.8. The van der Waals surface area contributed by atoms with Crippen LogP contribution in [0.1, 0.15) is 13.8 Å². The second-order valence-corrected chi connectivity index (χ2v) is 10.5. The number of thiophene rings is 1. The summed E-state index contributed by atoms with van der Waals surface area (Å²) in [6, 6.07) is 12.5. The molecule has 0 N–H and O–H groups in total. The Hall–Kier alpha value is -3.44. The Labute approximate surface area is 194 Å². The molecule has 172 valence electrons. The number of sulfone groups is 1. The summed E-state index contributed by atoms with van der Waals surface area (Å²) < 4.78 is 32.5. The van der Waals surface area contributed by atoms with Crippen molar-refractivity contribution in [2.24, 2.45) is 0 Å². The molecule has 0 bridgehead atoms. The predicted molar refractivity (Wildman–Crippen MR) is 126 cm³/mol. The van der Waals surface area contributed by atoms with Crippen LogP contribution in [0.5, 0.6) is 0 Å². The zero-order valence-electron chi connectivity index (χ0n) is 18.2. The molecule has 0 atom stereocenters. The lowest BCUT2D eigenvalue weighted by atomic mass is 10.2. The predicted octanol–water partition coefficient (Wildman–Crippen LogP) is 3.20. The average molecular weight is 487 g/mol. The highest BCUT2D eigenvalue weighted by Crippen LogP contribution is 2.37. The zero-order valence-corrected chi connectivity index (χ0v) is 19.8. The van der Waals surface area contributed by atoms with Crippen LogP contribution >= 0.6 is 11.3 Å². The monoisotopic (exact) mass is 486 g/mol. The van der Waals surface area contributed by atoms with E-state index in [0.717, 1.165) is 22.3 Å². The molecule has 1 amide bonds.